The lowest BCUT2D eigenvalue weighted by molar-refractivity contribution is 0.470. The summed E-state index contributed by atoms with van der Waals surface area (Å²) in [6, 6.07) is 25.2. The van der Waals surface area contributed by atoms with E-state index in [1.54, 1.807) is 12.1 Å². The van der Waals surface area contributed by atoms with Gasteiger partial charge in [0, 0.05) is 0 Å². The fourth-order valence-corrected chi connectivity index (χ4v) is 5.13. The summed E-state index contributed by atoms with van der Waals surface area (Å²) in [6.07, 6.45) is 0. The molecule has 2 nitrogen and oxygen atoms in total. The molecule has 2 N–H and O–H groups in total. The Labute approximate surface area is 183 Å². The zero-order valence-electron chi connectivity index (χ0n) is 18.3. The summed E-state index contributed by atoms with van der Waals surface area (Å²) in [5.74, 6) is 0.596. The second-order valence-corrected chi connectivity index (χ2v) is 8.85. The van der Waals surface area contributed by atoms with Crippen LogP contribution in [-0.2, 0) is 5.41 Å². The Morgan fingerprint density at radius 3 is 1.32 bits per heavy atom. The zero-order chi connectivity index (χ0) is 21.9. The van der Waals surface area contributed by atoms with Gasteiger partial charge in [0.2, 0.25) is 0 Å². The molecule has 0 amide bonds. The van der Waals surface area contributed by atoms with Crippen molar-refractivity contribution in [2.45, 2.75) is 33.1 Å². The van der Waals surface area contributed by atoms with E-state index in [1.807, 2.05) is 26.0 Å². The van der Waals surface area contributed by atoms with Crippen molar-refractivity contribution in [3.8, 4) is 22.6 Å². The highest BCUT2D eigenvalue weighted by molar-refractivity contribution is 5.87. The molecule has 154 valence electrons. The molecule has 31 heavy (non-hydrogen) atoms. The number of benzene rings is 4. The lowest BCUT2D eigenvalue weighted by Crippen LogP contribution is -2.28. The van der Waals surface area contributed by atoms with E-state index in [2.05, 4.69) is 62.4 Å². The highest BCUT2D eigenvalue weighted by atomic mass is 16.3. The van der Waals surface area contributed by atoms with Crippen LogP contribution in [0, 0.1) is 27.7 Å². The number of rotatable bonds is 2. The average molecular weight is 407 g/mol. The maximum atomic E-state index is 10.3. The van der Waals surface area contributed by atoms with Crippen molar-refractivity contribution in [2.24, 2.45) is 0 Å². The van der Waals surface area contributed by atoms with Gasteiger partial charge in [0.05, 0.1) is 5.41 Å². The Balaban J connectivity index is 1.98. The molecule has 0 aromatic heterocycles. The van der Waals surface area contributed by atoms with Crippen molar-refractivity contribution in [3.05, 3.63) is 117 Å². The van der Waals surface area contributed by atoms with Crippen LogP contribution in [0.15, 0.2) is 72.8 Å². The van der Waals surface area contributed by atoms with Crippen LogP contribution in [0.2, 0.25) is 0 Å². The molecule has 1 aliphatic rings. The summed E-state index contributed by atoms with van der Waals surface area (Å²) in [5, 5.41) is 20.5. The van der Waals surface area contributed by atoms with Gasteiger partial charge in [-0.2, -0.15) is 0 Å². The predicted molar refractivity (Wildman–Crippen MR) is 126 cm³/mol. The molecule has 2 heteroatoms. The standard InChI is InChI=1S/C29H26O2/c1-17-5-9-25-23(13-17)24-14-18(2)6-10-26(24)29(25,21-7-11-27(30)19(3)15-21)22-8-12-28(31)20(4)16-22/h5-16,30-31H,1-4H3. The van der Waals surface area contributed by atoms with Crippen LogP contribution in [0.1, 0.15) is 44.5 Å². The van der Waals surface area contributed by atoms with Crippen LogP contribution in [0.5, 0.6) is 11.5 Å². The number of hydrogen-bond acceptors (Lipinski definition) is 2. The van der Waals surface area contributed by atoms with Gasteiger partial charge >= 0.3 is 0 Å². The Morgan fingerprint density at radius 2 is 0.935 bits per heavy atom. The van der Waals surface area contributed by atoms with E-state index in [0.29, 0.717) is 11.5 Å². The van der Waals surface area contributed by atoms with Gasteiger partial charge < -0.3 is 10.2 Å². The molecule has 4 aromatic rings. The number of hydrogen-bond donors (Lipinski definition) is 2. The van der Waals surface area contributed by atoms with Crippen LogP contribution in [-0.4, -0.2) is 10.2 Å². The summed E-state index contributed by atoms with van der Waals surface area (Å²) < 4.78 is 0. The fraction of sp³-hybridized carbons (Fsp3) is 0.172. The molecule has 4 aromatic carbocycles. The largest absolute Gasteiger partial charge is 0.508 e. The zero-order valence-corrected chi connectivity index (χ0v) is 18.3. The molecule has 0 bridgehead atoms. The third-order valence-corrected chi connectivity index (χ3v) is 6.71. The normalized spacial score (nSPS) is 13.7. The van der Waals surface area contributed by atoms with E-state index in [0.717, 1.165) is 22.3 Å². The molecule has 0 saturated heterocycles. The van der Waals surface area contributed by atoms with Crippen molar-refractivity contribution in [1.82, 2.24) is 0 Å². The lowest BCUT2D eigenvalue weighted by Gasteiger charge is -2.34. The first-order valence-electron chi connectivity index (χ1n) is 10.6. The van der Waals surface area contributed by atoms with Gasteiger partial charge in [0.15, 0.2) is 0 Å². The molecule has 0 aliphatic heterocycles. The Bertz CT molecular complexity index is 1240. The van der Waals surface area contributed by atoms with Crippen molar-refractivity contribution < 1.29 is 10.2 Å². The van der Waals surface area contributed by atoms with Crippen LogP contribution in [0.3, 0.4) is 0 Å². The second kappa shape index (κ2) is 6.75. The number of phenolic OH excluding ortho intramolecular Hbond substituents is 2. The summed E-state index contributed by atoms with van der Waals surface area (Å²) in [6.45, 7) is 8.14. The van der Waals surface area contributed by atoms with Crippen LogP contribution in [0.25, 0.3) is 11.1 Å². The fourth-order valence-electron chi connectivity index (χ4n) is 5.13. The highest BCUT2D eigenvalue weighted by Gasteiger charge is 2.46. The number of phenols is 2. The molecule has 0 radical (unpaired) electrons. The van der Waals surface area contributed by atoms with Gasteiger partial charge in [-0.1, -0.05) is 71.8 Å². The maximum Gasteiger partial charge on any atom is 0.118 e. The minimum absolute atomic E-state index is 0.298. The summed E-state index contributed by atoms with van der Waals surface area (Å²) in [7, 11) is 0. The molecule has 0 heterocycles. The maximum absolute atomic E-state index is 10.3. The van der Waals surface area contributed by atoms with E-state index in [1.165, 1.54) is 33.4 Å². The van der Waals surface area contributed by atoms with E-state index in [9.17, 15) is 10.2 Å². The number of fused-ring (bicyclic) bond motifs is 3. The Morgan fingerprint density at radius 1 is 0.516 bits per heavy atom. The van der Waals surface area contributed by atoms with Gasteiger partial charge in [0.1, 0.15) is 11.5 Å². The summed E-state index contributed by atoms with van der Waals surface area (Å²) in [4.78, 5) is 0. The first-order chi connectivity index (χ1) is 14.8. The van der Waals surface area contributed by atoms with Gasteiger partial charge in [-0.15, -0.1) is 0 Å². The summed E-state index contributed by atoms with van der Waals surface area (Å²) in [5.41, 5.74) is 10.8. The average Bonchev–Trinajstić information content (AvgIpc) is 3.02. The minimum Gasteiger partial charge on any atom is -0.508 e. The van der Waals surface area contributed by atoms with Crippen molar-refractivity contribution in [1.29, 1.82) is 0 Å². The van der Waals surface area contributed by atoms with Gasteiger partial charge in [-0.25, -0.2) is 0 Å². The van der Waals surface area contributed by atoms with E-state index >= 15 is 0 Å². The third kappa shape index (κ3) is 2.71. The summed E-state index contributed by atoms with van der Waals surface area (Å²) >= 11 is 0. The topological polar surface area (TPSA) is 40.5 Å². The van der Waals surface area contributed by atoms with Crippen LogP contribution < -0.4 is 0 Å². The molecule has 5 rings (SSSR count). The van der Waals surface area contributed by atoms with Crippen molar-refractivity contribution in [3.63, 3.8) is 0 Å². The molecular formula is C29H26O2. The first-order valence-corrected chi connectivity index (χ1v) is 10.6. The second-order valence-electron chi connectivity index (χ2n) is 8.85. The molecule has 0 unspecified atom stereocenters. The van der Waals surface area contributed by atoms with Crippen molar-refractivity contribution in [2.75, 3.05) is 0 Å². The third-order valence-electron chi connectivity index (χ3n) is 6.71. The van der Waals surface area contributed by atoms with Gasteiger partial charge in [0.25, 0.3) is 0 Å². The van der Waals surface area contributed by atoms with E-state index in [4.69, 9.17) is 0 Å². The molecule has 1 aliphatic carbocycles. The molecular weight excluding hydrogens is 380 g/mol. The minimum atomic E-state index is -0.525. The number of aryl methyl sites for hydroxylation is 4. The van der Waals surface area contributed by atoms with Crippen LogP contribution >= 0.6 is 0 Å². The monoisotopic (exact) mass is 406 g/mol. The quantitative estimate of drug-likeness (QED) is 0.343. The predicted octanol–water partition coefficient (Wildman–Crippen LogP) is 6.69. The lowest BCUT2D eigenvalue weighted by atomic mass is 9.67. The Hall–Kier alpha value is -3.52. The highest BCUT2D eigenvalue weighted by Crippen LogP contribution is 2.57. The smallest absolute Gasteiger partial charge is 0.118 e. The van der Waals surface area contributed by atoms with E-state index in [-0.39, 0.29) is 0 Å². The van der Waals surface area contributed by atoms with Gasteiger partial charge in [-0.3, -0.25) is 0 Å². The molecule has 0 atom stereocenters. The van der Waals surface area contributed by atoms with Gasteiger partial charge in [-0.05, 0) is 84.3 Å². The molecule has 0 saturated carbocycles. The van der Waals surface area contributed by atoms with Crippen LogP contribution in [0.4, 0.5) is 0 Å². The molecule has 0 fully saturated rings. The Kier molecular flexibility index (Phi) is 4.23. The first kappa shape index (κ1) is 19.4. The molecule has 0 spiro atoms. The SMILES string of the molecule is Cc1ccc2c(c1)-c1cc(C)ccc1C2(c1ccc(O)c(C)c1)c1ccc(O)c(C)c1. The van der Waals surface area contributed by atoms with E-state index < -0.39 is 5.41 Å². The number of aromatic hydroxyl groups is 2. The van der Waals surface area contributed by atoms with Crippen molar-refractivity contribution >= 4 is 0 Å².